The van der Waals surface area contributed by atoms with Crippen LogP contribution >= 0.6 is 0 Å². The highest BCUT2D eigenvalue weighted by Gasteiger charge is 2.13. The van der Waals surface area contributed by atoms with E-state index in [9.17, 15) is 9.90 Å². The standard InChI is InChI=1S/C14H15N3O2/c15-11-7-4-8-16-13(11)14(19)17-9-12(18)10-5-2-1-3-6-10/h1-8,12,18H,9,15H2,(H,17,19). The maximum atomic E-state index is 11.8. The Morgan fingerprint density at radius 1 is 1.26 bits per heavy atom. The molecule has 1 aromatic heterocycles. The average Bonchev–Trinajstić information content (AvgIpc) is 2.46. The van der Waals surface area contributed by atoms with Gasteiger partial charge in [-0.3, -0.25) is 4.79 Å². The van der Waals surface area contributed by atoms with Gasteiger partial charge in [-0.1, -0.05) is 30.3 Å². The normalized spacial score (nSPS) is 11.8. The number of rotatable bonds is 4. The Morgan fingerprint density at radius 3 is 2.68 bits per heavy atom. The molecule has 5 heteroatoms. The molecule has 5 nitrogen and oxygen atoms in total. The number of aliphatic hydroxyl groups excluding tert-OH is 1. The van der Waals surface area contributed by atoms with Gasteiger partial charge in [0.15, 0.2) is 5.69 Å². The quantitative estimate of drug-likeness (QED) is 0.766. The lowest BCUT2D eigenvalue weighted by atomic mass is 10.1. The van der Waals surface area contributed by atoms with E-state index in [-0.39, 0.29) is 12.2 Å². The van der Waals surface area contributed by atoms with Gasteiger partial charge in [-0.25, -0.2) is 4.98 Å². The van der Waals surface area contributed by atoms with Gasteiger partial charge in [0.05, 0.1) is 11.8 Å². The van der Waals surface area contributed by atoms with Crippen molar-refractivity contribution in [3.63, 3.8) is 0 Å². The second-order valence-electron chi connectivity index (χ2n) is 4.08. The number of nitrogen functional groups attached to an aromatic ring is 1. The number of hydrogen-bond acceptors (Lipinski definition) is 4. The molecule has 2 aromatic rings. The first-order valence-electron chi connectivity index (χ1n) is 5.90. The van der Waals surface area contributed by atoms with Crippen LogP contribution in [0, 0.1) is 0 Å². The number of nitrogens with zero attached hydrogens (tertiary/aromatic N) is 1. The number of nitrogens with one attached hydrogen (secondary N) is 1. The van der Waals surface area contributed by atoms with Crippen LogP contribution in [0.2, 0.25) is 0 Å². The Balaban J connectivity index is 1.96. The topological polar surface area (TPSA) is 88.2 Å². The molecule has 1 unspecified atom stereocenters. The molecule has 0 fully saturated rings. The van der Waals surface area contributed by atoms with Gasteiger partial charge >= 0.3 is 0 Å². The van der Waals surface area contributed by atoms with Crippen LogP contribution in [0.4, 0.5) is 5.69 Å². The third-order valence-corrected chi connectivity index (χ3v) is 2.69. The number of aromatic nitrogens is 1. The predicted molar refractivity (Wildman–Crippen MR) is 72.4 cm³/mol. The summed E-state index contributed by atoms with van der Waals surface area (Å²) < 4.78 is 0. The van der Waals surface area contributed by atoms with E-state index in [0.29, 0.717) is 5.69 Å². The van der Waals surface area contributed by atoms with Crippen molar-refractivity contribution in [1.29, 1.82) is 0 Å². The molecular formula is C14H15N3O2. The van der Waals surface area contributed by atoms with Crippen molar-refractivity contribution in [1.82, 2.24) is 10.3 Å². The van der Waals surface area contributed by atoms with Gasteiger partial charge in [-0.2, -0.15) is 0 Å². The Bertz CT molecular complexity index is 558. The lowest BCUT2D eigenvalue weighted by molar-refractivity contribution is 0.0912. The second kappa shape index (κ2) is 5.97. The van der Waals surface area contributed by atoms with Crippen LogP contribution < -0.4 is 11.1 Å². The highest BCUT2D eigenvalue weighted by atomic mass is 16.3. The fraction of sp³-hybridized carbons (Fsp3) is 0.143. The van der Waals surface area contributed by atoms with Crippen molar-refractivity contribution in [3.8, 4) is 0 Å². The van der Waals surface area contributed by atoms with Gasteiger partial charge in [-0.05, 0) is 17.7 Å². The van der Waals surface area contributed by atoms with Crippen molar-refractivity contribution >= 4 is 11.6 Å². The first-order valence-corrected chi connectivity index (χ1v) is 5.90. The minimum Gasteiger partial charge on any atom is -0.397 e. The van der Waals surface area contributed by atoms with Gasteiger partial charge in [0.2, 0.25) is 0 Å². The summed E-state index contributed by atoms with van der Waals surface area (Å²) in [7, 11) is 0. The van der Waals surface area contributed by atoms with Gasteiger partial charge in [-0.15, -0.1) is 0 Å². The monoisotopic (exact) mass is 257 g/mol. The largest absolute Gasteiger partial charge is 0.397 e. The molecule has 2 rings (SSSR count). The summed E-state index contributed by atoms with van der Waals surface area (Å²) in [6.07, 6.45) is 0.744. The molecule has 1 aromatic carbocycles. The molecule has 4 N–H and O–H groups in total. The highest BCUT2D eigenvalue weighted by Crippen LogP contribution is 2.11. The molecule has 0 aliphatic rings. The fourth-order valence-corrected chi connectivity index (χ4v) is 1.67. The zero-order chi connectivity index (χ0) is 13.7. The van der Waals surface area contributed by atoms with Gasteiger partial charge in [0, 0.05) is 12.7 Å². The number of pyridine rings is 1. The summed E-state index contributed by atoms with van der Waals surface area (Å²) in [4.78, 5) is 15.7. The highest BCUT2D eigenvalue weighted by molar-refractivity contribution is 5.96. The van der Waals surface area contributed by atoms with Crippen LogP contribution in [0.5, 0.6) is 0 Å². The smallest absolute Gasteiger partial charge is 0.272 e. The molecular weight excluding hydrogens is 242 g/mol. The van der Waals surface area contributed by atoms with E-state index >= 15 is 0 Å². The minimum absolute atomic E-state index is 0.110. The van der Waals surface area contributed by atoms with Crippen LogP contribution in [0.3, 0.4) is 0 Å². The number of carbonyl (C=O) groups excluding carboxylic acids is 1. The fourth-order valence-electron chi connectivity index (χ4n) is 1.67. The van der Waals surface area contributed by atoms with Gasteiger partial charge in [0.1, 0.15) is 0 Å². The number of aliphatic hydroxyl groups is 1. The summed E-state index contributed by atoms with van der Waals surface area (Å²) in [5, 5.41) is 12.5. The maximum absolute atomic E-state index is 11.8. The molecule has 0 radical (unpaired) electrons. The molecule has 1 atom stereocenters. The first-order chi connectivity index (χ1) is 9.18. The maximum Gasteiger partial charge on any atom is 0.272 e. The lowest BCUT2D eigenvalue weighted by Gasteiger charge is -2.12. The van der Waals surface area contributed by atoms with Crippen LogP contribution in [-0.2, 0) is 0 Å². The second-order valence-corrected chi connectivity index (χ2v) is 4.08. The summed E-state index contributed by atoms with van der Waals surface area (Å²) in [5.41, 5.74) is 6.88. The van der Waals surface area contributed by atoms with Gasteiger partial charge < -0.3 is 16.2 Å². The summed E-state index contributed by atoms with van der Waals surface area (Å²) in [6.45, 7) is 0.110. The minimum atomic E-state index is -0.755. The zero-order valence-electron chi connectivity index (χ0n) is 10.3. The molecule has 0 saturated heterocycles. The number of hydrogen-bond donors (Lipinski definition) is 3. The lowest BCUT2D eigenvalue weighted by Crippen LogP contribution is -2.29. The van der Waals surface area contributed by atoms with Crippen molar-refractivity contribution in [2.45, 2.75) is 6.10 Å². The van der Waals surface area contributed by atoms with E-state index in [2.05, 4.69) is 10.3 Å². The number of nitrogens with two attached hydrogens (primary N) is 1. The third-order valence-electron chi connectivity index (χ3n) is 2.69. The first kappa shape index (κ1) is 13.0. The Kier molecular flexibility index (Phi) is 4.10. The summed E-state index contributed by atoms with van der Waals surface area (Å²) >= 11 is 0. The van der Waals surface area contributed by atoms with E-state index in [1.54, 1.807) is 24.3 Å². The number of amides is 1. The van der Waals surface area contributed by atoms with Crippen LogP contribution in [0.1, 0.15) is 22.2 Å². The molecule has 1 amide bonds. The van der Waals surface area contributed by atoms with Crippen molar-refractivity contribution in [3.05, 3.63) is 59.9 Å². The molecule has 0 spiro atoms. The van der Waals surface area contributed by atoms with Crippen LogP contribution in [-0.4, -0.2) is 22.5 Å². The van der Waals surface area contributed by atoms with Crippen LogP contribution in [0.15, 0.2) is 48.7 Å². The van der Waals surface area contributed by atoms with E-state index in [4.69, 9.17) is 5.73 Å². The van der Waals surface area contributed by atoms with Crippen molar-refractivity contribution in [2.75, 3.05) is 12.3 Å². The number of benzene rings is 1. The van der Waals surface area contributed by atoms with Crippen molar-refractivity contribution in [2.24, 2.45) is 0 Å². The molecule has 19 heavy (non-hydrogen) atoms. The van der Waals surface area contributed by atoms with E-state index in [0.717, 1.165) is 5.56 Å². The SMILES string of the molecule is Nc1cccnc1C(=O)NCC(O)c1ccccc1. The predicted octanol–water partition coefficient (Wildman–Crippen LogP) is 1.13. The van der Waals surface area contributed by atoms with Crippen LogP contribution in [0.25, 0.3) is 0 Å². The molecule has 0 aliphatic carbocycles. The molecule has 0 bridgehead atoms. The zero-order valence-corrected chi connectivity index (χ0v) is 10.3. The van der Waals surface area contributed by atoms with Gasteiger partial charge in [0.25, 0.3) is 5.91 Å². The number of anilines is 1. The number of carbonyl (C=O) groups is 1. The van der Waals surface area contributed by atoms with E-state index in [1.807, 2.05) is 18.2 Å². The van der Waals surface area contributed by atoms with E-state index in [1.165, 1.54) is 6.20 Å². The van der Waals surface area contributed by atoms with Crippen molar-refractivity contribution < 1.29 is 9.90 Å². The molecule has 0 aliphatic heterocycles. The Morgan fingerprint density at radius 2 is 2.00 bits per heavy atom. The summed E-state index contributed by atoms with van der Waals surface area (Å²) in [5.74, 6) is -0.395. The summed E-state index contributed by atoms with van der Waals surface area (Å²) in [6, 6.07) is 12.4. The Labute approximate surface area is 111 Å². The molecule has 98 valence electrons. The third kappa shape index (κ3) is 3.29. The molecule has 0 saturated carbocycles. The molecule has 1 heterocycles. The Hall–Kier alpha value is -2.40. The average molecular weight is 257 g/mol. The van der Waals surface area contributed by atoms with E-state index < -0.39 is 12.0 Å².